The van der Waals surface area contributed by atoms with Gasteiger partial charge in [0, 0.05) is 5.56 Å². The number of carbonyl (C=O) groups excluding carboxylic acids is 1. The summed E-state index contributed by atoms with van der Waals surface area (Å²) in [6.07, 6.45) is 3.34. The molecule has 0 aliphatic carbocycles. The van der Waals surface area contributed by atoms with Crippen molar-refractivity contribution in [3.63, 3.8) is 0 Å². The van der Waals surface area contributed by atoms with E-state index in [1.807, 2.05) is 23.6 Å². The summed E-state index contributed by atoms with van der Waals surface area (Å²) >= 11 is 1.50. The molecule has 1 aromatic carbocycles. The van der Waals surface area contributed by atoms with Crippen molar-refractivity contribution in [1.82, 2.24) is 0 Å². The molecule has 0 saturated heterocycles. The predicted molar refractivity (Wildman–Crippen MR) is 77.1 cm³/mol. The summed E-state index contributed by atoms with van der Waals surface area (Å²) in [5.74, 6) is 0.824. The van der Waals surface area contributed by atoms with Gasteiger partial charge in [-0.25, -0.2) is 0 Å². The van der Waals surface area contributed by atoms with Crippen LogP contribution in [0.1, 0.15) is 46.1 Å². The standard InChI is InChI=1S/C16H16O2S/c1-2-3-4-11-5-6-14-13(9-11)15(17)16-12(10-18-14)7-8-19-16/h5-9H,2-4,10H2,1H3. The molecule has 0 bridgehead atoms. The predicted octanol–water partition coefficient (Wildman–Crippen LogP) is 4.21. The number of hydrogen-bond donors (Lipinski definition) is 0. The van der Waals surface area contributed by atoms with Gasteiger partial charge in [0.25, 0.3) is 0 Å². The lowest BCUT2D eigenvalue weighted by molar-refractivity contribution is 0.104. The molecule has 0 amide bonds. The molecular weight excluding hydrogens is 256 g/mol. The van der Waals surface area contributed by atoms with E-state index in [2.05, 4.69) is 13.0 Å². The highest BCUT2D eigenvalue weighted by atomic mass is 32.1. The van der Waals surface area contributed by atoms with Gasteiger partial charge in [0.1, 0.15) is 12.4 Å². The maximum Gasteiger partial charge on any atom is 0.207 e. The summed E-state index contributed by atoms with van der Waals surface area (Å²) in [4.78, 5) is 13.4. The molecule has 19 heavy (non-hydrogen) atoms. The number of thiophene rings is 1. The lowest BCUT2D eigenvalue weighted by Gasteiger charge is -2.08. The summed E-state index contributed by atoms with van der Waals surface area (Å²) in [6, 6.07) is 7.99. The maximum atomic E-state index is 12.5. The Labute approximate surface area is 117 Å². The molecule has 3 rings (SSSR count). The van der Waals surface area contributed by atoms with E-state index in [0.717, 1.165) is 35.3 Å². The molecule has 0 atom stereocenters. The number of benzene rings is 1. The molecule has 1 aliphatic heterocycles. The van der Waals surface area contributed by atoms with Gasteiger partial charge in [0.15, 0.2) is 0 Å². The van der Waals surface area contributed by atoms with Crippen LogP contribution < -0.4 is 4.74 Å². The number of ether oxygens (including phenoxy) is 1. The Morgan fingerprint density at radius 3 is 3.05 bits per heavy atom. The van der Waals surface area contributed by atoms with Crippen molar-refractivity contribution in [2.24, 2.45) is 0 Å². The van der Waals surface area contributed by atoms with E-state index < -0.39 is 0 Å². The van der Waals surface area contributed by atoms with E-state index in [0.29, 0.717) is 12.4 Å². The molecule has 2 heterocycles. The quantitative estimate of drug-likeness (QED) is 0.836. The van der Waals surface area contributed by atoms with Gasteiger partial charge < -0.3 is 4.74 Å². The molecule has 0 spiro atoms. The van der Waals surface area contributed by atoms with Crippen LogP contribution in [0.25, 0.3) is 0 Å². The summed E-state index contributed by atoms with van der Waals surface area (Å²) in [6.45, 7) is 2.67. The number of hydrogen-bond acceptors (Lipinski definition) is 3. The summed E-state index contributed by atoms with van der Waals surface area (Å²) in [5.41, 5.74) is 2.94. The van der Waals surface area contributed by atoms with E-state index in [4.69, 9.17) is 4.74 Å². The molecule has 2 aromatic rings. The zero-order valence-corrected chi connectivity index (χ0v) is 11.8. The molecule has 0 radical (unpaired) electrons. The minimum absolute atomic E-state index is 0.107. The highest BCUT2D eigenvalue weighted by molar-refractivity contribution is 7.12. The Kier molecular flexibility index (Phi) is 3.38. The number of ketones is 1. The molecule has 1 aromatic heterocycles. The average Bonchev–Trinajstić information content (AvgIpc) is 2.86. The molecule has 0 fully saturated rings. The first-order chi connectivity index (χ1) is 9.29. The van der Waals surface area contributed by atoms with Gasteiger partial charge in [-0.3, -0.25) is 4.79 Å². The Bertz CT molecular complexity index is 613. The molecule has 0 unspecified atom stereocenters. The fourth-order valence-electron chi connectivity index (χ4n) is 2.34. The highest BCUT2D eigenvalue weighted by Gasteiger charge is 2.23. The third kappa shape index (κ3) is 2.30. The first kappa shape index (κ1) is 12.4. The third-order valence-electron chi connectivity index (χ3n) is 3.44. The number of fused-ring (bicyclic) bond motifs is 2. The van der Waals surface area contributed by atoms with E-state index >= 15 is 0 Å². The monoisotopic (exact) mass is 272 g/mol. The van der Waals surface area contributed by atoms with Gasteiger partial charge in [-0.2, -0.15) is 0 Å². The maximum absolute atomic E-state index is 12.5. The molecule has 3 heteroatoms. The van der Waals surface area contributed by atoms with Crippen LogP contribution >= 0.6 is 11.3 Å². The number of aryl methyl sites for hydroxylation is 1. The van der Waals surface area contributed by atoms with Crippen LogP contribution in [-0.4, -0.2) is 5.78 Å². The van der Waals surface area contributed by atoms with Crippen LogP contribution in [0.15, 0.2) is 29.6 Å². The second-order valence-corrected chi connectivity index (χ2v) is 5.74. The molecule has 98 valence electrons. The summed E-state index contributed by atoms with van der Waals surface area (Å²) < 4.78 is 5.75. The first-order valence-electron chi connectivity index (χ1n) is 6.66. The smallest absolute Gasteiger partial charge is 0.207 e. The van der Waals surface area contributed by atoms with Crippen molar-refractivity contribution in [2.75, 3.05) is 0 Å². The van der Waals surface area contributed by atoms with Crippen LogP contribution in [-0.2, 0) is 13.0 Å². The summed E-state index contributed by atoms with van der Waals surface area (Å²) in [7, 11) is 0. The second-order valence-electron chi connectivity index (χ2n) is 4.83. The zero-order valence-electron chi connectivity index (χ0n) is 10.9. The van der Waals surface area contributed by atoms with Crippen LogP contribution in [0.3, 0.4) is 0 Å². The minimum Gasteiger partial charge on any atom is -0.488 e. The van der Waals surface area contributed by atoms with Crippen LogP contribution in [0, 0.1) is 0 Å². The van der Waals surface area contributed by atoms with Gasteiger partial charge in [0.2, 0.25) is 5.78 Å². The Hall–Kier alpha value is -1.61. The molecule has 0 saturated carbocycles. The molecule has 1 aliphatic rings. The van der Waals surface area contributed by atoms with E-state index in [-0.39, 0.29) is 5.78 Å². The zero-order chi connectivity index (χ0) is 13.2. The Balaban J connectivity index is 2.00. The van der Waals surface area contributed by atoms with E-state index in [1.165, 1.54) is 16.9 Å². The van der Waals surface area contributed by atoms with Crippen molar-refractivity contribution in [1.29, 1.82) is 0 Å². The fourth-order valence-corrected chi connectivity index (χ4v) is 3.21. The summed E-state index contributed by atoms with van der Waals surface area (Å²) in [5, 5.41) is 1.96. The number of rotatable bonds is 3. The van der Waals surface area contributed by atoms with Crippen molar-refractivity contribution in [3.05, 3.63) is 51.2 Å². The van der Waals surface area contributed by atoms with Crippen LogP contribution in [0.2, 0.25) is 0 Å². The van der Waals surface area contributed by atoms with Crippen molar-refractivity contribution < 1.29 is 9.53 Å². The third-order valence-corrected chi connectivity index (χ3v) is 4.40. The molecular formula is C16H16O2S. The van der Waals surface area contributed by atoms with Crippen molar-refractivity contribution in [2.45, 2.75) is 32.8 Å². The van der Waals surface area contributed by atoms with Gasteiger partial charge in [-0.05, 0) is 42.0 Å². The Morgan fingerprint density at radius 1 is 1.32 bits per heavy atom. The average molecular weight is 272 g/mol. The van der Waals surface area contributed by atoms with E-state index in [1.54, 1.807) is 0 Å². The largest absolute Gasteiger partial charge is 0.488 e. The minimum atomic E-state index is 0.107. The topological polar surface area (TPSA) is 26.3 Å². The van der Waals surface area contributed by atoms with Gasteiger partial charge in [0.05, 0.1) is 10.4 Å². The van der Waals surface area contributed by atoms with Crippen LogP contribution in [0.5, 0.6) is 5.75 Å². The SMILES string of the molecule is CCCCc1ccc2c(c1)C(=O)c1sccc1CO2. The fraction of sp³-hybridized carbons (Fsp3) is 0.312. The van der Waals surface area contributed by atoms with Crippen molar-refractivity contribution >= 4 is 17.1 Å². The Morgan fingerprint density at radius 2 is 2.21 bits per heavy atom. The highest BCUT2D eigenvalue weighted by Crippen LogP contribution is 2.32. The molecule has 2 nitrogen and oxygen atoms in total. The first-order valence-corrected chi connectivity index (χ1v) is 7.54. The number of unbranched alkanes of at least 4 members (excludes halogenated alkanes) is 1. The van der Waals surface area contributed by atoms with Gasteiger partial charge >= 0.3 is 0 Å². The second kappa shape index (κ2) is 5.17. The lowest BCUT2D eigenvalue weighted by atomic mass is 10.0. The van der Waals surface area contributed by atoms with Gasteiger partial charge in [-0.15, -0.1) is 11.3 Å². The van der Waals surface area contributed by atoms with E-state index in [9.17, 15) is 4.79 Å². The normalized spacial score (nSPS) is 13.4. The lowest BCUT2D eigenvalue weighted by Crippen LogP contribution is -2.00. The van der Waals surface area contributed by atoms with Crippen molar-refractivity contribution in [3.8, 4) is 5.75 Å². The van der Waals surface area contributed by atoms with Gasteiger partial charge in [-0.1, -0.05) is 19.4 Å². The molecule has 0 N–H and O–H groups in total. The number of carbonyl (C=O) groups is 1. The van der Waals surface area contributed by atoms with Crippen LogP contribution in [0.4, 0.5) is 0 Å².